The second-order valence-corrected chi connectivity index (χ2v) is 4.19. The third-order valence-corrected chi connectivity index (χ3v) is 2.72. The molecule has 78 valence electrons. The fraction of sp³-hybridized carbons (Fsp3) is 0.222. The van der Waals surface area contributed by atoms with Gasteiger partial charge in [0.2, 0.25) is 0 Å². The fourth-order valence-electron chi connectivity index (χ4n) is 1.24. The van der Waals surface area contributed by atoms with Crippen LogP contribution in [0.15, 0.2) is 34.0 Å². The highest BCUT2D eigenvalue weighted by Crippen LogP contribution is 2.19. The maximum atomic E-state index is 11.3. The summed E-state index contributed by atoms with van der Waals surface area (Å²) in [5, 5.41) is 9.38. The molecular weight excluding hydrogens is 212 g/mol. The molecule has 0 atom stereocenters. The van der Waals surface area contributed by atoms with E-state index in [9.17, 15) is 4.79 Å². The molecule has 1 N–H and O–H groups in total. The minimum atomic E-state index is -0.325. The summed E-state index contributed by atoms with van der Waals surface area (Å²) in [6.45, 7) is 2.08. The third-order valence-electron chi connectivity index (χ3n) is 1.85. The van der Waals surface area contributed by atoms with Crippen LogP contribution in [0, 0.1) is 0 Å². The number of benzene rings is 1. The van der Waals surface area contributed by atoms with Gasteiger partial charge in [-0.1, -0.05) is 13.0 Å². The lowest BCUT2D eigenvalue weighted by Crippen LogP contribution is -2.15. The van der Waals surface area contributed by atoms with E-state index in [1.807, 2.05) is 24.3 Å². The Labute approximate surface area is 90.5 Å². The van der Waals surface area contributed by atoms with Gasteiger partial charge in [-0.3, -0.25) is 0 Å². The molecule has 1 heterocycles. The van der Waals surface area contributed by atoms with E-state index < -0.39 is 0 Å². The van der Waals surface area contributed by atoms with Gasteiger partial charge < -0.3 is 0 Å². The number of tetrazole rings is 1. The quantitative estimate of drug-likeness (QED) is 0.789. The maximum Gasteiger partial charge on any atom is 0.365 e. The lowest BCUT2D eigenvalue weighted by Gasteiger charge is -2.01. The average Bonchev–Trinajstić information content (AvgIpc) is 2.65. The van der Waals surface area contributed by atoms with Gasteiger partial charge >= 0.3 is 5.69 Å². The topological polar surface area (TPSA) is 63.6 Å². The minimum Gasteiger partial charge on any atom is -0.244 e. The van der Waals surface area contributed by atoms with E-state index in [4.69, 9.17) is 0 Å². The molecule has 1 aromatic heterocycles. The minimum absolute atomic E-state index is 0.325. The molecule has 0 aliphatic carbocycles. The molecule has 0 saturated heterocycles. The Morgan fingerprint density at radius 2 is 2.40 bits per heavy atom. The predicted octanol–water partition coefficient (Wildman–Crippen LogP) is 1.07. The molecule has 0 spiro atoms. The van der Waals surface area contributed by atoms with E-state index in [1.54, 1.807) is 11.8 Å². The predicted molar refractivity (Wildman–Crippen MR) is 58.4 cm³/mol. The number of nitrogens with zero attached hydrogens (tertiary/aromatic N) is 3. The fourth-order valence-corrected chi connectivity index (χ4v) is 1.95. The van der Waals surface area contributed by atoms with Crippen molar-refractivity contribution in [2.45, 2.75) is 11.8 Å². The van der Waals surface area contributed by atoms with Crippen LogP contribution in [-0.4, -0.2) is 26.0 Å². The molecule has 5 nitrogen and oxygen atoms in total. The molecule has 6 heteroatoms. The van der Waals surface area contributed by atoms with Crippen LogP contribution in [0.4, 0.5) is 0 Å². The first-order chi connectivity index (χ1) is 7.31. The number of hydrogen-bond acceptors (Lipinski definition) is 4. The van der Waals surface area contributed by atoms with Crippen molar-refractivity contribution in [2.75, 3.05) is 5.75 Å². The first-order valence-corrected chi connectivity index (χ1v) is 5.53. The number of aromatic nitrogens is 4. The van der Waals surface area contributed by atoms with E-state index >= 15 is 0 Å². The molecule has 0 aliphatic rings. The lowest BCUT2D eigenvalue weighted by molar-refractivity contribution is 0.778. The van der Waals surface area contributed by atoms with Crippen molar-refractivity contribution in [2.24, 2.45) is 0 Å². The summed E-state index contributed by atoms with van der Waals surface area (Å²) >= 11 is 1.72. The molecular formula is C9H10N4OS. The molecule has 1 aromatic carbocycles. The highest BCUT2D eigenvalue weighted by Gasteiger charge is 2.03. The molecule has 15 heavy (non-hydrogen) atoms. The third kappa shape index (κ3) is 2.10. The maximum absolute atomic E-state index is 11.3. The Balaban J connectivity index is 2.41. The van der Waals surface area contributed by atoms with Crippen molar-refractivity contribution in [3.05, 3.63) is 34.7 Å². The molecule has 0 radical (unpaired) electrons. The summed E-state index contributed by atoms with van der Waals surface area (Å²) in [4.78, 5) is 12.4. The molecule has 2 aromatic rings. The van der Waals surface area contributed by atoms with E-state index in [2.05, 4.69) is 22.4 Å². The molecule has 0 amide bonds. The number of H-pyrrole nitrogens is 1. The van der Waals surface area contributed by atoms with Crippen LogP contribution in [0.1, 0.15) is 6.92 Å². The van der Waals surface area contributed by atoms with Gasteiger partial charge in [0.15, 0.2) is 0 Å². The summed E-state index contributed by atoms with van der Waals surface area (Å²) in [6.07, 6.45) is 0. The highest BCUT2D eigenvalue weighted by atomic mass is 32.2. The molecule has 0 fully saturated rings. The van der Waals surface area contributed by atoms with Crippen LogP contribution >= 0.6 is 11.8 Å². The summed E-state index contributed by atoms with van der Waals surface area (Å²) < 4.78 is 1.24. The molecule has 0 unspecified atom stereocenters. The summed E-state index contributed by atoms with van der Waals surface area (Å²) in [5.41, 5.74) is 0.404. The van der Waals surface area contributed by atoms with Gasteiger partial charge in [-0.05, 0) is 34.4 Å². The Kier molecular flexibility index (Phi) is 2.86. The Morgan fingerprint density at radius 1 is 1.53 bits per heavy atom. The zero-order valence-electron chi connectivity index (χ0n) is 8.17. The Bertz CT molecular complexity index is 505. The second kappa shape index (κ2) is 4.31. The van der Waals surface area contributed by atoms with Gasteiger partial charge in [0.25, 0.3) is 0 Å². The van der Waals surface area contributed by atoms with Crippen LogP contribution in [0.25, 0.3) is 5.69 Å². The monoisotopic (exact) mass is 222 g/mol. The van der Waals surface area contributed by atoms with Gasteiger partial charge in [0.1, 0.15) is 0 Å². The number of aromatic amines is 1. The summed E-state index contributed by atoms with van der Waals surface area (Å²) in [5.74, 6) is 0.997. The van der Waals surface area contributed by atoms with Gasteiger partial charge in [-0.2, -0.15) is 4.68 Å². The Hall–Kier alpha value is -1.56. The van der Waals surface area contributed by atoms with Crippen LogP contribution in [-0.2, 0) is 0 Å². The van der Waals surface area contributed by atoms with Crippen molar-refractivity contribution < 1.29 is 0 Å². The van der Waals surface area contributed by atoms with E-state index in [0.29, 0.717) is 0 Å². The van der Waals surface area contributed by atoms with E-state index in [0.717, 1.165) is 16.3 Å². The molecule has 2 rings (SSSR count). The number of thioether (sulfide) groups is 1. The first kappa shape index (κ1) is 9.97. The largest absolute Gasteiger partial charge is 0.365 e. The van der Waals surface area contributed by atoms with Gasteiger partial charge in [-0.25, -0.2) is 9.89 Å². The zero-order chi connectivity index (χ0) is 10.7. The second-order valence-electron chi connectivity index (χ2n) is 2.85. The Morgan fingerprint density at radius 3 is 3.07 bits per heavy atom. The van der Waals surface area contributed by atoms with Crippen molar-refractivity contribution in [1.29, 1.82) is 0 Å². The van der Waals surface area contributed by atoms with Crippen LogP contribution in [0.2, 0.25) is 0 Å². The SMILES string of the molecule is CCSc1cccc(-n2nn[nH]c2=O)c1. The van der Waals surface area contributed by atoms with Crippen molar-refractivity contribution >= 4 is 11.8 Å². The van der Waals surface area contributed by atoms with Crippen LogP contribution in [0.5, 0.6) is 0 Å². The van der Waals surface area contributed by atoms with Gasteiger partial charge in [-0.15, -0.1) is 11.8 Å². The van der Waals surface area contributed by atoms with Gasteiger partial charge in [0.05, 0.1) is 5.69 Å². The molecule has 0 aliphatic heterocycles. The van der Waals surface area contributed by atoms with Crippen LogP contribution in [0.3, 0.4) is 0 Å². The van der Waals surface area contributed by atoms with Crippen molar-refractivity contribution in [1.82, 2.24) is 20.2 Å². The number of rotatable bonds is 3. The van der Waals surface area contributed by atoms with Crippen molar-refractivity contribution in [3.8, 4) is 5.69 Å². The van der Waals surface area contributed by atoms with E-state index in [1.165, 1.54) is 4.68 Å². The van der Waals surface area contributed by atoms with Gasteiger partial charge in [0, 0.05) is 4.90 Å². The van der Waals surface area contributed by atoms with E-state index in [-0.39, 0.29) is 5.69 Å². The smallest absolute Gasteiger partial charge is 0.244 e. The lowest BCUT2D eigenvalue weighted by atomic mass is 10.3. The highest BCUT2D eigenvalue weighted by molar-refractivity contribution is 7.99. The number of hydrogen-bond donors (Lipinski definition) is 1. The summed E-state index contributed by atoms with van der Waals surface area (Å²) in [6, 6.07) is 7.64. The summed E-state index contributed by atoms with van der Waals surface area (Å²) in [7, 11) is 0. The molecule has 0 bridgehead atoms. The number of nitrogens with one attached hydrogen (secondary N) is 1. The molecule has 0 saturated carbocycles. The van der Waals surface area contributed by atoms with Crippen LogP contribution < -0.4 is 5.69 Å². The zero-order valence-corrected chi connectivity index (χ0v) is 8.99. The normalized spacial score (nSPS) is 10.5. The average molecular weight is 222 g/mol. The van der Waals surface area contributed by atoms with Crippen molar-refractivity contribution in [3.63, 3.8) is 0 Å². The standard InChI is InChI=1S/C9H10N4OS/c1-2-15-8-5-3-4-7(6-8)13-9(14)10-11-12-13/h3-6H,2H2,1H3,(H,10,12,14). The first-order valence-electron chi connectivity index (χ1n) is 4.55.